The van der Waals surface area contributed by atoms with E-state index in [4.69, 9.17) is 0 Å². The van der Waals surface area contributed by atoms with Gasteiger partial charge in [-0.15, -0.1) is 24.0 Å². The molecule has 0 unspecified atom stereocenters. The third-order valence-corrected chi connectivity index (χ3v) is 3.37. The van der Waals surface area contributed by atoms with E-state index in [1.165, 1.54) is 6.07 Å². The fraction of sp³-hybridized carbons (Fsp3) is 0.500. The molecule has 0 heterocycles. The maximum absolute atomic E-state index is 12.3. The first-order valence-electron chi connectivity index (χ1n) is 6.63. The van der Waals surface area contributed by atoms with Crippen LogP contribution in [0, 0.1) is 0 Å². The minimum atomic E-state index is -2.82. The van der Waals surface area contributed by atoms with Crippen LogP contribution in [0.25, 0.3) is 0 Å². The third kappa shape index (κ3) is 8.62. The van der Waals surface area contributed by atoms with Gasteiger partial charge in [-0.1, -0.05) is 18.2 Å². The van der Waals surface area contributed by atoms with Crippen molar-refractivity contribution >= 4 is 41.7 Å². The molecule has 0 radical (unpaired) electrons. The molecule has 0 saturated carbocycles. The largest absolute Gasteiger partial charge is 0.434 e. The second kappa shape index (κ2) is 12.7. The number of hydrogen-bond donors (Lipinski definition) is 2. The Morgan fingerprint density at radius 3 is 2.68 bits per heavy atom. The summed E-state index contributed by atoms with van der Waals surface area (Å²) in [5, 5.41) is 6.25. The maximum atomic E-state index is 12.3. The van der Waals surface area contributed by atoms with Crippen molar-refractivity contribution in [2.24, 2.45) is 4.99 Å². The number of ether oxygens (including phenoxy) is 1. The SMILES string of the molecule is CN=C(NCCCSC)NCc1ccccc1OC(F)F.I. The van der Waals surface area contributed by atoms with E-state index < -0.39 is 6.61 Å². The number of aliphatic imine (C=N–C) groups is 1. The third-order valence-electron chi connectivity index (χ3n) is 2.68. The van der Waals surface area contributed by atoms with Gasteiger partial charge < -0.3 is 15.4 Å². The molecule has 0 aromatic heterocycles. The topological polar surface area (TPSA) is 45.7 Å². The molecule has 0 bridgehead atoms. The van der Waals surface area contributed by atoms with E-state index >= 15 is 0 Å². The molecule has 0 aliphatic carbocycles. The average molecular weight is 445 g/mol. The Kier molecular flexibility index (Phi) is 12.3. The standard InChI is InChI=1S/C14H21F2N3OS.HI/c1-17-14(18-8-5-9-21-2)19-10-11-6-3-4-7-12(11)20-13(15)16;/h3-4,6-7,13H,5,8-10H2,1-2H3,(H2,17,18,19);1H. The molecule has 22 heavy (non-hydrogen) atoms. The van der Waals surface area contributed by atoms with E-state index in [9.17, 15) is 8.78 Å². The molecule has 0 aliphatic heterocycles. The summed E-state index contributed by atoms with van der Waals surface area (Å²) >= 11 is 1.79. The van der Waals surface area contributed by atoms with Crippen LogP contribution in [0.2, 0.25) is 0 Å². The molecule has 0 fully saturated rings. The minimum absolute atomic E-state index is 0. The van der Waals surface area contributed by atoms with Gasteiger partial charge in [0.25, 0.3) is 0 Å². The minimum Gasteiger partial charge on any atom is -0.434 e. The predicted molar refractivity (Wildman–Crippen MR) is 99.7 cm³/mol. The van der Waals surface area contributed by atoms with Gasteiger partial charge >= 0.3 is 6.61 Å². The lowest BCUT2D eigenvalue weighted by Crippen LogP contribution is -2.37. The maximum Gasteiger partial charge on any atom is 0.387 e. The van der Waals surface area contributed by atoms with Crippen LogP contribution in [-0.4, -0.2) is 38.2 Å². The molecule has 1 aromatic rings. The van der Waals surface area contributed by atoms with Crippen molar-refractivity contribution < 1.29 is 13.5 Å². The highest BCUT2D eigenvalue weighted by Crippen LogP contribution is 2.19. The number of para-hydroxylation sites is 1. The molecule has 0 saturated heterocycles. The Labute approximate surface area is 151 Å². The lowest BCUT2D eigenvalue weighted by Gasteiger charge is -2.14. The smallest absolute Gasteiger partial charge is 0.387 e. The van der Waals surface area contributed by atoms with Crippen molar-refractivity contribution in [3.05, 3.63) is 29.8 Å². The zero-order chi connectivity index (χ0) is 15.5. The summed E-state index contributed by atoms with van der Waals surface area (Å²) in [7, 11) is 1.67. The molecule has 0 aliphatic rings. The average Bonchev–Trinajstić information content (AvgIpc) is 2.47. The van der Waals surface area contributed by atoms with Gasteiger partial charge in [-0.2, -0.15) is 20.5 Å². The van der Waals surface area contributed by atoms with Crippen LogP contribution in [0.5, 0.6) is 5.75 Å². The molecule has 2 N–H and O–H groups in total. The van der Waals surface area contributed by atoms with E-state index in [0.29, 0.717) is 18.1 Å². The molecule has 0 spiro atoms. The summed E-state index contributed by atoms with van der Waals surface area (Å²) in [4.78, 5) is 4.09. The summed E-state index contributed by atoms with van der Waals surface area (Å²) in [5.74, 6) is 1.90. The first-order valence-corrected chi connectivity index (χ1v) is 8.03. The lowest BCUT2D eigenvalue weighted by molar-refractivity contribution is -0.0504. The van der Waals surface area contributed by atoms with Gasteiger partial charge in [-0.25, -0.2) is 0 Å². The Bertz CT molecular complexity index is 450. The van der Waals surface area contributed by atoms with E-state index in [1.54, 1.807) is 37.0 Å². The van der Waals surface area contributed by atoms with Crippen molar-refractivity contribution in [2.75, 3.05) is 25.6 Å². The van der Waals surface area contributed by atoms with Crippen molar-refractivity contribution in [3.63, 3.8) is 0 Å². The zero-order valence-electron chi connectivity index (χ0n) is 12.6. The predicted octanol–water partition coefficient (Wildman–Crippen LogP) is 3.32. The van der Waals surface area contributed by atoms with Gasteiger partial charge in [0.1, 0.15) is 5.75 Å². The highest BCUT2D eigenvalue weighted by atomic mass is 127. The van der Waals surface area contributed by atoms with Gasteiger partial charge in [0.05, 0.1) is 0 Å². The number of nitrogens with one attached hydrogen (secondary N) is 2. The number of rotatable bonds is 8. The molecule has 4 nitrogen and oxygen atoms in total. The summed E-state index contributed by atoms with van der Waals surface area (Å²) < 4.78 is 29.1. The van der Waals surface area contributed by atoms with E-state index in [2.05, 4.69) is 26.6 Å². The van der Waals surface area contributed by atoms with Crippen LogP contribution in [-0.2, 0) is 6.54 Å². The lowest BCUT2D eigenvalue weighted by atomic mass is 10.2. The first-order chi connectivity index (χ1) is 10.2. The molecule has 8 heteroatoms. The number of thioether (sulfide) groups is 1. The Morgan fingerprint density at radius 1 is 1.32 bits per heavy atom. The van der Waals surface area contributed by atoms with Crippen molar-refractivity contribution in [1.82, 2.24) is 10.6 Å². The van der Waals surface area contributed by atoms with Gasteiger partial charge in [0.2, 0.25) is 0 Å². The summed E-state index contributed by atoms with van der Waals surface area (Å²) in [6.07, 6.45) is 3.10. The second-order valence-corrected chi connectivity index (χ2v) is 5.17. The number of hydrogen-bond acceptors (Lipinski definition) is 3. The van der Waals surface area contributed by atoms with Gasteiger partial charge in [0, 0.05) is 25.7 Å². The summed E-state index contributed by atoms with van der Waals surface area (Å²) in [6, 6.07) is 6.71. The van der Waals surface area contributed by atoms with Crippen molar-refractivity contribution in [1.29, 1.82) is 0 Å². The van der Waals surface area contributed by atoms with E-state index in [-0.39, 0.29) is 29.7 Å². The van der Waals surface area contributed by atoms with Crippen LogP contribution < -0.4 is 15.4 Å². The van der Waals surface area contributed by atoms with Gasteiger partial charge in [-0.05, 0) is 24.5 Å². The number of guanidine groups is 1. The number of benzene rings is 1. The first kappa shape index (κ1) is 21.2. The van der Waals surface area contributed by atoms with Crippen molar-refractivity contribution in [3.8, 4) is 5.75 Å². The Hall–Kier alpha value is -0.770. The van der Waals surface area contributed by atoms with Gasteiger partial charge in [-0.3, -0.25) is 4.99 Å². The molecular formula is C14H22F2IN3OS. The quantitative estimate of drug-likeness (QED) is 0.279. The fourth-order valence-corrected chi connectivity index (χ4v) is 2.12. The van der Waals surface area contributed by atoms with Crippen LogP contribution in [0.4, 0.5) is 8.78 Å². The van der Waals surface area contributed by atoms with Crippen LogP contribution in [0.3, 0.4) is 0 Å². The van der Waals surface area contributed by atoms with Crippen LogP contribution in [0.1, 0.15) is 12.0 Å². The molecular weight excluding hydrogens is 423 g/mol. The summed E-state index contributed by atoms with van der Waals surface area (Å²) in [5.41, 5.74) is 0.657. The number of nitrogens with zero attached hydrogens (tertiary/aromatic N) is 1. The molecule has 1 rings (SSSR count). The number of halogens is 3. The highest BCUT2D eigenvalue weighted by molar-refractivity contribution is 14.0. The normalized spacial score (nSPS) is 11.0. The number of alkyl halides is 2. The monoisotopic (exact) mass is 445 g/mol. The van der Waals surface area contributed by atoms with Gasteiger partial charge in [0.15, 0.2) is 5.96 Å². The molecule has 126 valence electrons. The van der Waals surface area contributed by atoms with Crippen LogP contribution in [0.15, 0.2) is 29.3 Å². The van der Waals surface area contributed by atoms with Crippen LogP contribution >= 0.6 is 35.7 Å². The van der Waals surface area contributed by atoms with E-state index in [0.717, 1.165) is 18.7 Å². The molecule has 0 amide bonds. The molecule has 0 atom stereocenters. The Morgan fingerprint density at radius 2 is 2.05 bits per heavy atom. The highest BCUT2D eigenvalue weighted by Gasteiger charge is 2.09. The van der Waals surface area contributed by atoms with E-state index in [1.807, 2.05) is 0 Å². The second-order valence-electron chi connectivity index (χ2n) is 4.19. The zero-order valence-corrected chi connectivity index (χ0v) is 15.8. The Balaban J connectivity index is 0.00000441. The fourth-order valence-electron chi connectivity index (χ4n) is 1.68. The molecule has 1 aromatic carbocycles. The van der Waals surface area contributed by atoms with Crippen molar-refractivity contribution in [2.45, 2.75) is 19.6 Å². The summed E-state index contributed by atoms with van der Waals surface area (Å²) in [6.45, 7) is -1.64.